The summed E-state index contributed by atoms with van der Waals surface area (Å²) in [5.41, 5.74) is 6.67. The minimum absolute atomic E-state index is 0.467. The molecule has 1 aliphatic carbocycles. The fourth-order valence-electron chi connectivity index (χ4n) is 4.31. The smallest absolute Gasteiger partial charge is 0.229 e. The third-order valence-electron chi connectivity index (χ3n) is 5.66. The Hall–Kier alpha value is -3.32. The van der Waals surface area contributed by atoms with Crippen molar-refractivity contribution >= 4 is 48.9 Å². The molecular formula is C24H23N3O3S. The fraction of sp³-hybridized carbons (Fsp3) is 0.208. The van der Waals surface area contributed by atoms with E-state index in [2.05, 4.69) is 22.2 Å². The number of fused-ring (bicyclic) bond motifs is 3. The summed E-state index contributed by atoms with van der Waals surface area (Å²) in [6.07, 6.45) is 4.47. The fourth-order valence-corrected chi connectivity index (χ4v) is 4.87. The summed E-state index contributed by atoms with van der Waals surface area (Å²) < 4.78 is 31.5. The molecule has 0 bridgehead atoms. The summed E-state index contributed by atoms with van der Waals surface area (Å²) in [6.45, 7) is 0. The highest BCUT2D eigenvalue weighted by molar-refractivity contribution is 7.92. The van der Waals surface area contributed by atoms with E-state index in [1.807, 2.05) is 24.3 Å². The largest absolute Gasteiger partial charge is 0.495 e. The number of pyridine rings is 1. The van der Waals surface area contributed by atoms with E-state index in [-0.39, 0.29) is 0 Å². The van der Waals surface area contributed by atoms with Gasteiger partial charge in [-0.1, -0.05) is 18.2 Å². The van der Waals surface area contributed by atoms with E-state index in [1.165, 1.54) is 17.5 Å². The highest BCUT2D eigenvalue weighted by Gasteiger charge is 2.17. The number of nitrogens with one attached hydrogen (secondary N) is 2. The lowest BCUT2D eigenvalue weighted by atomic mass is 10.0. The maximum Gasteiger partial charge on any atom is 0.229 e. The van der Waals surface area contributed by atoms with E-state index in [0.29, 0.717) is 17.1 Å². The number of para-hydroxylation sites is 1. The van der Waals surface area contributed by atoms with Gasteiger partial charge in [-0.25, -0.2) is 13.4 Å². The van der Waals surface area contributed by atoms with Crippen LogP contribution in [0, 0.1) is 0 Å². The van der Waals surface area contributed by atoms with Gasteiger partial charge in [0.15, 0.2) is 0 Å². The number of hydrogen-bond acceptors (Lipinski definition) is 5. The Morgan fingerprint density at radius 1 is 0.935 bits per heavy atom. The highest BCUT2D eigenvalue weighted by Crippen LogP contribution is 2.39. The molecule has 0 spiro atoms. The van der Waals surface area contributed by atoms with Crippen LogP contribution in [0.4, 0.5) is 17.1 Å². The Kier molecular flexibility index (Phi) is 4.70. The van der Waals surface area contributed by atoms with E-state index in [9.17, 15) is 8.42 Å². The van der Waals surface area contributed by atoms with Gasteiger partial charge in [0.05, 0.1) is 41.5 Å². The zero-order valence-electron chi connectivity index (χ0n) is 17.4. The van der Waals surface area contributed by atoms with Crippen LogP contribution in [-0.4, -0.2) is 26.8 Å². The molecular weight excluding hydrogens is 410 g/mol. The van der Waals surface area contributed by atoms with Crippen LogP contribution in [0.15, 0.2) is 54.6 Å². The van der Waals surface area contributed by atoms with Crippen LogP contribution in [0.25, 0.3) is 21.8 Å². The first kappa shape index (κ1) is 19.6. The lowest BCUT2D eigenvalue weighted by molar-refractivity contribution is 0.417. The Morgan fingerprint density at radius 3 is 2.48 bits per heavy atom. The molecule has 0 saturated carbocycles. The minimum Gasteiger partial charge on any atom is -0.495 e. The molecule has 1 aliphatic rings. The second kappa shape index (κ2) is 7.42. The van der Waals surface area contributed by atoms with Crippen molar-refractivity contribution in [3.05, 3.63) is 65.7 Å². The SMILES string of the molecule is COc1ccc(NS(C)(=O)=O)cc1Nc1c2ccccc2nc2cc3c(cc12)CCC3. The molecule has 7 heteroatoms. The highest BCUT2D eigenvalue weighted by atomic mass is 32.2. The van der Waals surface area contributed by atoms with Gasteiger partial charge in [-0.3, -0.25) is 4.72 Å². The summed E-state index contributed by atoms with van der Waals surface area (Å²) in [4.78, 5) is 4.90. The van der Waals surface area contributed by atoms with Crippen molar-refractivity contribution in [1.82, 2.24) is 4.98 Å². The molecule has 0 saturated heterocycles. The number of aryl methyl sites for hydroxylation is 2. The maximum atomic E-state index is 11.7. The molecule has 158 valence electrons. The summed E-state index contributed by atoms with van der Waals surface area (Å²) in [6, 6.07) is 17.6. The van der Waals surface area contributed by atoms with E-state index in [1.54, 1.807) is 25.3 Å². The van der Waals surface area contributed by atoms with Crippen LogP contribution < -0.4 is 14.8 Å². The Balaban J connectivity index is 1.72. The van der Waals surface area contributed by atoms with Crippen LogP contribution in [0.1, 0.15) is 17.5 Å². The molecule has 6 nitrogen and oxygen atoms in total. The molecule has 1 heterocycles. The predicted molar refractivity (Wildman–Crippen MR) is 126 cm³/mol. The molecule has 0 aliphatic heterocycles. The number of benzene rings is 3. The van der Waals surface area contributed by atoms with Crippen LogP contribution in [0.2, 0.25) is 0 Å². The minimum atomic E-state index is -3.39. The lowest BCUT2D eigenvalue weighted by Gasteiger charge is -2.17. The average molecular weight is 434 g/mol. The van der Waals surface area contributed by atoms with Gasteiger partial charge in [0, 0.05) is 10.8 Å². The number of ether oxygens (including phenoxy) is 1. The van der Waals surface area contributed by atoms with Crippen LogP contribution in [0.3, 0.4) is 0 Å². The van der Waals surface area contributed by atoms with E-state index in [4.69, 9.17) is 9.72 Å². The zero-order chi connectivity index (χ0) is 21.6. The lowest BCUT2D eigenvalue weighted by Crippen LogP contribution is -2.09. The number of rotatable bonds is 5. The number of aromatic nitrogens is 1. The van der Waals surface area contributed by atoms with Gasteiger partial charge in [-0.2, -0.15) is 0 Å². The maximum absolute atomic E-state index is 11.7. The molecule has 0 unspecified atom stereocenters. The van der Waals surface area contributed by atoms with Gasteiger partial charge in [0.2, 0.25) is 10.0 Å². The molecule has 5 rings (SSSR count). The predicted octanol–water partition coefficient (Wildman–Crippen LogP) is 5.00. The van der Waals surface area contributed by atoms with Crippen molar-refractivity contribution in [2.45, 2.75) is 19.3 Å². The zero-order valence-corrected chi connectivity index (χ0v) is 18.2. The summed E-state index contributed by atoms with van der Waals surface area (Å²) in [5.74, 6) is 0.620. The molecule has 0 atom stereocenters. The van der Waals surface area contributed by atoms with Gasteiger partial charge in [0.25, 0.3) is 0 Å². The Labute approximate surface area is 181 Å². The molecule has 31 heavy (non-hydrogen) atoms. The molecule has 3 aromatic carbocycles. The third kappa shape index (κ3) is 3.77. The Bertz CT molecular complexity index is 1430. The van der Waals surface area contributed by atoms with Crippen LogP contribution in [0.5, 0.6) is 5.75 Å². The number of nitrogens with zero attached hydrogens (tertiary/aromatic N) is 1. The first-order valence-electron chi connectivity index (χ1n) is 10.2. The standard InChI is InChI=1S/C24H23N3O3S/c1-30-23-11-10-17(27-31(2,28)29)14-22(23)26-24-18-8-3-4-9-20(18)25-21-13-16-7-5-6-15(16)12-19(21)24/h3-4,8-14,27H,5-7H2,1-2H3,(H,25,26). The van der Waals surface area contributed by atoms with E-state index < -0.39 is 10.0 Å². The van der Waals surface area contributed by atoms with Crippen LogP contribution in [-0.2, 0) is 22.9 Å². The molecule has 0 fully saturated rings. The molecule has 1 aromatic heterocycles. The summed E-state index contributed by atoms with van der Waals surface area (Å²) in [7, 11) is -1.79. The average Bonchev–Trinajstić information content (AvgIpc) is 3.18. The topological polar surface area (TPSA) is 80.3 Å². The van der Waals surface area contributed by atoms with Crippen molar-refractivity contribution in [2.24, 2.45) is 0 Å². The molecule has 2 N–H and O–H groups in total. The van der Waals surface area contributed by atoms with E-state index >= 15 is 0 Å². The number of anilines is 3. The van der Waals surface area contributed by atoms with Crippen molar-refractivity contribution in [3.63, 3.8) is 0 Å². The van der Waals surface area contributed by atoms with Gasteiger partial charge >= 0.3 is 0 Å². The number of hydrogen-bond donors (Lipinski definition) is 2. The summed E-state index contributed by atoms with van der Waals surface area (Å²) in [5, 5.41) is 5.57. The molecule has 0 radical (unpaired) electrons. The van der Waals surface area contributed by atoms with Gasteiger partial charge in [0.1, 0.15) is 5.75 Å². The summed E-state index contributed by atoms with van der Waals surface area (Å²) >= 11 is 0. The second-order valence-corrected chi connectivity index (χ2v) is 9.66. The molecule has 0 amide bonds. The first-order valence-corrected chi connectivity index (χ1v) is 12.1. The van der Waals surface area contributed by atoms with Gasteiger partial charge in [-0.15, -0.1) is 0 Å². The van der Waals surface area contributed by atoms with Crippen molar-refractivity contribution in [1.29, 1.82) is 0 Å². The normalized spacial score (nSPS) is 13.4. The number of sulfonamides is 1. The van der Waals surface area contributed by atoms with E-state index in [0.717, 1.165) is 46.6 Å². The molecule has 4 aromatic rings. The monoisotopic (exact) mass is 433 g/mol. The van der Waals surface area contributed by atoms with Crippen LogP contribution >= 0.6 is 0 Å². The van der Waals surface area contributed by atoms with Gasteiger partial charge < -0.3 is 10.1 Å². The van der Waals surface area contributed by atoms with Crippen molar-refractivity contribution < 1.29 is 13.2 Å². The van der Waals surface area contributed by atoms with Crippen molar-refractivity contribution in [2.75, 3.05) is 23.4 Å². The Morgan fingerprint density at radius 2 is 1.71 bits per heavy atom. The quantitative estimate of drug-likeness (QED) is 0.433. The van der Waals surface area contributed by atoms with Crippen molar-refractivity contribution in [3.8, 4) is 5.75 Å². The van der Waals surface area contributed by atoms with Gasteiger partial charge in [-0.05, 0) is 66.8 Å². The second-order valence-electron chi connectivity index (χ2n) is 7.91. The number of methoxy groups -OCH3 is 1. The third-order valence-corrected chi connectivity index (χ3v) is 6.26. The first-order chi connectivity index (χ1) is 14.9.